The zero-order valence-electron chi connectivity index (χ0n) is 12.7. The maximum Gasteiger partial charge on any atom is 0.257 e. The third-order valence-electron chi connectivity index (χ3n) is 4.00. The Hall–Kier alpha value is -1.52. The molecule has 0 unspecified atom stereocenters. The summed E-state index contributed by atoms with van der Waals surface area (Å²) in [6.07, 6.45) is 3.76. The molecule has 23 heavy (non-hydrogen) atoms. The normalized spacial score (nSPS) is 14.6. The summed E-state index contributed by atoms with van der Waals surface area (Å²) in [7, 11) is 0. The standard InChI is InChI=1S/C18H18BrClN2O/c19-13-7-8-16(17(20)11-13)18(23)21-14-5-4-6-15(12-14)22-9-2-1-3-10-22/h4-8,11-12H,1-3,9-10H2,(H,21,23). The second kappa shape index (κ2) is 7.37. The van der Waals surface area contributed by atoms with Gasteiger partial charge >= 0.3 is 0 Å². The number of hydrogen-bond acceptors (Lipinski definition) is 2. The van der Waals surface area contributed by atoms with E-state index in [2.05, 4.69) is 32.2 Å². The van der Waals surface area contributed by atoms with Crippen LogP contribution in [0.2, 0.25) is 5.02 Å². The van der Waals surface area contributed by atoms with E-state index in [0.29, 0.717) is 10.6 Å². The first-order valence-corrected chi connectivity index (χ1v) is 8.92. The number of carbonyl (C=O) groups excluding carboxylic acids is 1. The molecule has 2 aromatic carbocycles. The van der Waals surface area contributed by atoms with Crippen LogP contribution in [0, 0.1) is 0 Å². The number of anilines is 2. The molecule has 1 aliphatic rings. The van der Waals surface area contributed by atoms with Gasteiger partial charge in [0.15, 0.2) is 0 Å². The van der Waals surface area contributed by atoms with Crippen LogP contribution in [0.5, 0.6) is 0 Å². The molecule has 0 atom stereocenters. The summed E-state index contributed by atoms with van der Waals surface area (Å²) in [5.41, 5.74) is 2.42. The lowest BCUT2D eigenvalue weighted by Crippen LogP contribution is -2.29. The number of rotatable bonds is 3. The van der Waals surface area contributed by atoms with Gasteiger partial charge in [-0.25, -0.2) is 0 Å². The largest absolute Gasteiger partial charge is 0.371 e. The number of piperidine rings is 1. The Balaban J connectivity index is 1.75. The fraction of sp³-hybridized carbons (Fsp3) is 0.278. The van der Waals surface area contributed by atoms with Crippen molar-refractivity contribution in [3.05, 3.63) is 57.5 Å². The van der Waals surface area contributed by atoms with Crippen LogP contribution >= 0.6 is 27.5 Å². The molecule has 0 aromatic heterocycles. The van der Waals surface area contributed by atoms with Crippen LogP contribution < -0.4 is 10.2 Å². The van der Waals surface area contributed by atoms with Crippen LogP contribution in [0.25, 0.3) is 0 Å². The highest BCUT2D eigenvalue weighted by Gasteiger charge is 2.13. The molecule has 5 heteroatoms. The number of hydrogen-bond donors (Lipinski definition) is 1. The Morgan fingerprint density at radius 1 is 1.09 bits per heavy atom. The molecule has 120 valence electrons. The van der Waals surface area contributed by atoms with Crippen LogP contribution in [-0.2, 0) is 0 Å². The average Bonchev–Trinajstić information content (AvgIpc) is 2.56. The third-order valence-corrected chi connectivity index (χ3v) is 4.81. The quantitative estimate of drug-likeness (QED) is 0.763. The summed E-state index contributed by atoms with van der Waals surface area (Å²) in [6.45, 7) is 2.16. The van der Waals surface area contributed by atoms with Crippen LogP contribution in [-0.4, -0.2) is 19.0 Å². The number of nitrogens with one attached hydrogen (secondary N) is 1. The summed E-state index contributed by atoms with van der Waals surface area (Å²) in [5.74, 6) is -0.196. The van der Waals surface area contributed by atoms with Gasteiger partial charge in [0.1, 0.15) is 0 Å². The lowest BCUT2D eigenvalue weighted by atomic mass is 10.1. The summed E-state index contributed by atoms with van der Waals surface area (Å²) < 4.78 is 0.853. The van der Waals surface area contributed by atoms with Gasteiger partial charge in [0.05, 0.1) is 10.6 Å². The SMILES string of the molecule is O=C(Nc1cccc(N2CCCCC2)c1)c1ccc(Br)cc1Cl. The molecular weight excluding hydrogens is 376 g/mol. The molecule has 0 bridgehead atoms. The zero-order valence-corrected chi connectivity index (χ0v) is 15.0. The highest BCUT2D eigenvalue weighted by Crippen LogP contribution is 2.25. The van der Waals surface area contributed by atoms with Gasteiger partial charge in [-0.2, -0.15) is 0 Å². The maximum atomic E-state index is 12.4. The van der Waals surface area contributed by atoms with E-state index < -0.39 is 0 Å². The van der Waals surface area contributed by atoms with E-state index in [1.165, 1.54) is 19.3 Å². The molecule has 3 nitrogen and oxygen atoms in total. The molecule has 1 fully saturated rings. The van der Waals surface area contributed by atoms with Gasteiger partial charge in [0.25, 0.3) is 5.91 Å². The van der Waals surface area contributed by atoms with Gasteiger partial charge in [-0.05, 0) is 55.7 Å². The Morgan fingerprint density at radius 3 is 2.61 bits per heavy atom. The molecule has 1 saturated heterocycles. The smallest absolute Gasteiger partial charge is 0.257 e. The first-order chi connectivity index (χ1) is 11.1. The van der Waals surface area contributed by atoms with E-state index in [4.69, 9.17) is 11.6 Å². The molecule has 0 spiro atoms. The zero-order chi connectivity index (χ0) is 16.2. The Morgan fingerprint density at radius 2 is 1.87 bits per heavy atom. The molecule has 1 aliphatic heterocycles. The van der Waals surface area contributed by atoms with Crippen LogP contribution in [0.3, 0.4) is 0 Å². The topological polar surface area (TPSA) is 32.3 Å². The fourth-order valence-electron chi connectivity index (χ4n) is 2.80. The fourth-order valence-corrected chi connectivity index (χ4v) is 3.56. The second-order valence-electron chi connectivity index (χ2n) is 5.68. The Kier molecular flexibility index (Phi) is 5.23. The maximum absolute atomic E-state index is 12.4. The minimum absolute atomic E-state index is 0.196. The molecule has 2 aromatic rings. The minimum atomic E-state index is -0.196. The lowest BCUT2D eigenvalue weighted by Gasteiger charge is -2.29. The molecule has 0 aliphatic carbocycles. The van der Waals surface area contributed by atoms with Gasteiger partial charge < -0.3 is 10.2 Å². The number of halogens is 2. The highest BCUT2D eigenvalue weighted by atomic mass is 79.9. The highest BCUT2D eigenvalue weighted by molar-refractivity contribution is 9.10. The summed E-state index contributed by atoms with van der Waals surface area (Å²) >= 11 is 9.49. The van der Waals surface area contributed by atoms with E-state index in [1.807, 2.05) is 24.3 Å². The third kappa shape index (κ3) is 4.06. The van der Waals surface area contributed by atoms with Crippen molar-refractivity contribution in [2.75, 3.05) is 23.3 Å². The first kappa shape index (κ1) is 16.3. The Bertz CT molecular complexity index is 714. The molecule has 1 heterocycles. The van der Waals surface area contributed by atoms with Crippen molar-refractivity contribution in [1.82, 2.24) is 0 Å². The van der Waals surface area contributed by atoms with Gasteiger partial charge in [-0.15, -0.1) is 0 Å². The number of amides is 1. The van der Waals surface area contributed by atoms with Gasteiger partial charge in [-0.3, -0.25) is 4.79 Å². The molecule has 1 amide bonds. The molecular formula is C18H18BrClN2O. The van der Waals surface area contributed by atoms with Crippen LogP contribution in [0.4, 0.5) is 11.4 Å². The molecule has 1 N–H and O–H groups in total. The summed E-state index contributed by atoms with van der Waals surface area (Å²) in [4.78, 5) is 14.8. The van der Waals surface area contributed by atoms with Crippen LogP contribution in [0.1, 0.15) is 29.6 Å². The average molecular weight is 394 g/mol. The van der Waals surface area contributed by atoms with Gasteiger partial charge in [-0.1, -0.05) is 33.6 Å². The van der Waals surface area contributed by atoms with E-state index in [-0.39, 0.29) is 5.91 Å². The van der Waals surface area contributed by atoms with Crippen molar-refractivity contribution in [3.63, 3.8) is 0 Å². The van der Waals surface area contributed by atoms with E-state index in [0.717, 1.165) is 28.9 Å². The lowest BCUT2D eigenvalue weighted by molar-refractivity contribution is 0.102. The van der Waals surface area contributed by atoms with Gasteiger partial charge in [0.2, 0.25) is 0 Å². The first-order valence-electron chi connectivity index (χ1n) is 7.75. The molecule has 3 rings (SSSR count). The van der Waals surface area contributed by atoms with Crippen molar-refractivity contribution < 1.29 is 4.79 Å². The number of carbonyl (C=O) groups is 1. The molecule has 0 saturated carbocycles. The van der Waals surface area contributed by atoms with Crippen molar-refractivity contribution >= 4 is 44.8 Å². The number of nitrogens with zero attached hydrogens (tertiary/aromatic N) is 1. The van der Waals surface area contributed by atoms with Crippen molar-refractivity contribution in [3.8, 4) is 0 Å². The minimum Gasteiger partial charge on any atom is -0.371 e. The van der Waals surface area contributed by atoms with Crippen molar-refractivity contribution in [2.24, 2.45) is 0 Å². The predicted molar refractivity (Wildman–Crippen MR) is 99.6 cm³/mol. The van der Waals surface area contributed by atoms with E-state index >= 15 is 0 Å². The van der Waals surface area contributed by atoms with Crippen LogP contribution in [0.15, 0.2) is 46.9 Å². The van der Waals surface area contributed by atoms with E-state index in [9.17, 15) is 4.79 Å². The predicted octanol–water partition coefficient (Wildman–Crippen LogP) is 5.35. The monoisotopic (exact) mass is 392 g/mol. The number of benzene rings is 2. The van der Waals surface area contributed by atoms with Crippen molar-refractivity contribution in [2.45, 2.75) is 19.3 Å². The second-order valence-corrected chi connectivity index (χ2v) is 7.00. The van der Waals surface area contributed by atoms with Gasteiger partial charge in [0, 0.05) is 28.9 Å². The molecule has 0 radical (unpaired) electrons. The summed E-state index contributed by atoms with van der Waals surface area (Å²) in [5, 5.41) is 3.37. The van der Waals surface area contributed by atoms with Crippen molar-refractivity contribution in [1.29, 1.82) is 0 Å². The van der Waals surface area contributed by atoms with E-state index in [1.54, 1.807) is 12.1 Å². The summed E-state index contributed by atoms with van der Waals surface area (Å²) in [6, 6.07) is 13.2. The Labute approximate surface area is 149 Å².